The highest BCUT2D eigenvalue weighted by Gasteiger charge is 2.08. The third kappa shape index (κ3) is 3.12. The fraction of sp³-hybridized carbons (Fsp3) is 0.400. The maximum absolute atomic E-state index is 12.0. The van der Waals surface area contributed by atoms with Crippen LogP contribution < -0.4 is 0 Å². The van der Waals surface area contributed by atoms with E-state index in [0.29, 0.717) is 18.8 Å². The molecule has 0 bridgehead atoms. The number of nitrogens with zero attached hydrogens (tertiary/aromatic N) is 1. The van der Waals surface area contributed by atoms with Crippen molar-refractivity contribution in [2.24, 2.45) is 0 Å². The van der Waals surface area contributed by atoms with Crippen LogP contribution in [0.4, 0.5) is 0 Å². The molecule has 1 aromatic carbocycles. The van der Waals surface area contributed by atoms with Crippen molar-refractivity contribution in [1.82, 2.24) is 4.90 Å². The van der Waals surface area contributed by atoms with Crippen LogP contribution >= 0.6 is 0 Å². The summed E-state index contributed by atoms with van der Waals surface area (Å²) in [6.07, 6.45) is 0. The van der Waals surface area contributed by atoms with Gasteiger partial charge in [0, 0.05) is 24.7 Å². The number of Topliss-reactive ketones (excluding diaryl/α,β-unsaturated/α-hetero) is 1. The smallest absolute Gasteiger partial charge is 0.237 e. The van der Waals surface area contributed by atoms with Crippen molar-refractivity contribution in [3.05, 3.63) is 34.9 Å². The molecule has 2 rings (SSSR count). The molecule has 1 heterocycles. The summed E-state index contributed by atoms with van der Waals surface area (Å²) in [5.41, 5.74) is 2.76. The molecule has 0 N–H and O–H groups in total. The lowest BCUT2D eigenvalue weighted by atomic mass is 10.0. The highest BCUT2D eigenvalue weighted by Crippen LogP contribution is 2.11. The van der Waals surface area contributed by atoms with E-state index in [1.807, 2.05) is 36.9 Å². The Hall–Kier alpha value is -1.79. The second-order valence-corrected chi connectivity index (χ2v) is 4.48. The van der Waals surface area contributed by atoms with Gasteiger partial charge in [0.15, 0.2) is 0 Å². The van der Waals surface area contributed by atoms with Gasteiger partial charge in [-0.2, -0.15) is 0 Å². The minimum atomic E-state index is -0.109. The topological polar surface area (TPSA) is 29.5 Å². The molecule has 0 saturated carbocycles. The molecule has 18 heavy (non-hydrogen) atoms. The Kier molecular flexibility index (Phi) is 4.01. The average molecular weight is 243 g/mol. The van der Waals surface area contributed by atoms with Crippen LogP contribution in [0.15, 0.2) is 18.2 Å². The third-order valence-electron chi connectivity index (χ3n) is 2.98. The first kappa shape index (κ1) is 12.7. The number of morpholine rings is 1. The molecule has 0 aromatic heterocycles. The van der Waals surface area contributed by atoms with Crippen LogP contribution in [0.25, 0.3) is 0 Å². The molecule has 1 fully saturated rings. The zero-order valence-corrected chi connectivity index (χ0v) is 10.8. The van der Waals surface area contributed by atoms with Crippen molar-refractivity contribution in [1.29, 1.82) is 0 Å². The molecular formula is C15H17NO2. The van der Waals surface area contributed by atoms with Crippen LogP contribution in [0.2, 0.25) is 0 Å². The molecule has 1 saturated heterocycles. The molecule has 1 aliphatic rings. The minimum Gasteiger partial charge on any atom is -0.378 e. The van der Waals surface area contributed by atoms with Crippen molar-refractivity contribution in [2.75, 3.05) is 26.3 Å². The largest absolute Gasteiger partial charge is 0.378 e. The van der Waals surface area contributed by atoms with E-state index >= 15 is 0 Å². The van der Waals surface area contributed by atoms with Crippen LogP contribution in [-0.2, 0) is 4.74 Å². The normalized spacial score (nSPS) is 14.9. The summed E-state index contributed by atoms with van der Waals surface area (Å²) in [6, 6.07) is 8.77. The Morgan fingerprint density at radius 1 is 1.28 bits per heavy atom. The Balaban J connectivity index is 2.11. The summed E-state index contributed by atoms with van der Waals surface area (Å²) < 4.78 is 5.23. The van der Waals surface area contributed by atoms with E-state index in [-0.39, 0.29) is 5.78 Å². The maximum atomic E-state index is 12.0. The highest BCUT2D eigenvalue weighted by atomic mass is 16.5. The average Bonchev–Trinajstić information content (AvgIpc) is 2.40. The summed E-state index contributed by atoms with van der Waals surface area (Å²) in [4.78, 5) is 14.0. The third-order valence-corrected chi connectivity index (χ3v) is 2.98. The summed E-state index contributed by atoms with van der Waals surface area (Å²) in [5, 5.41) is 0. The van der Waals surface area contributed by atoms with Crippen molar-refractivity contribution in [3.8, 4) is 12.0 Å². The van der Waals surface area contributed by atoms with Gasteiger partial charge in [0.2, 0.25) is 5.78 Å². The van der Waals surface area contributed by atoms with Gasteiger partial charge in [-0.15, -0.1) is 0 Å². The number of ether oxygens (including phenoxy) is 1. The molecule has 0 unspecified atom stereocenters. The number of carbonyl (C=O) groups excluding carboxylic acids is 1. The quantitative estimate of drug-likeness (QED) is 0.556. The Morgan fingerprint density at radius 3 is 2.72 bits per heavy atom. The van der Waals surface area contributed by atoms with Gasteiger partial charge >= 0.3 is 0 Å². The van der Waals surface area contributed by atoms with E-state index in [0.717, 1.165) is 24.2 Å². The van der Waals surface area contributed by atoms with E-state index in [1.54, 1.807) is 0 Å². The second-order valence-electron chi connectivity index (χ2n) is 4.48. The fourth-order valence-corrected chi connectivity index (χ4v) is 1.85. The second kappa shape index (κ2) is 5.70. The summed E-state index contributed by atoms with van der Waals surface area (Å²) in [7, 11) is 0. The number of carbonyl (C=O) groups is 1. The number of hydrogen-bond donors (Lipinski definition) is 0. The molecule has 0 spiro atoms. The summed E-state index contributed by atoms with van der Waals surface area (Å²) in [6.45, 7) is 6.83. The van der Waals surface area contributed by atoms with Crippen LogP contribution in [-0.4, -0.2) is 37.0 Å². The first-order chi connectivity index (χ1) is 8.66. The molecule has 0 aliphatic carbocycles. The monoisotopic (exact) mass is 243 g/mol. The van der Waals surface area contributed by atoms with Gasteiger partial charge in [0.05, 0.1) is 13.2 Å². The van der Waals surface area contributed by atoms with Gasteiger partial charge in [-0.05, 0) is 31.4 Å². The summed E-state index contributed by atoms with van der Waals surface area (Å²) in [5.74, 6) is 2.61. The molecule has 3 nitrogen and oxygen atoms in total. The zero-order valence-electron chi connectivity index (χ0n) is 10.8. The lowest BCUT2D eigenvalue weighted by molar-refractivity contribution is 0.0637. The van der Waals surface area contributed by atoms with Gasteiger partial charge < -0.3 is 9.64 Å². The van der Waals surface area contributed by atoms with Crippen molar-refractivity contribution in [3.63, 3.8) is 0 Å². The Bertz CT molecular complexity index is 505. The SMILES string of the molecule is Cc1ccc(C)c(C(=O)C#CN2CCOCC2)c1. The van der Waals surface area contributed by atoms with E-state index in [9.17, 15) is 4.79 Å². The lowest BCUT2D eigenvalue weighted by Gasteiger charge is -2.22. The number of rotatable bonds is 1. The van der Waals surface area contributed by atoms with Crippen LogP contribution in [0.5, 0.6) is 0 Å². The molecular weight excluding hydrogens is 226 g/mol. The molecule has 1 aromatic rings. The number of ketones is 1. The number of benzene rings is 1. The number of hydrogen-bond acceptors (Lipinski definition) is 3. The molecule has 0 amide bonds. The molecule has 3 heteroatoms. The van der Waals surface area contributed by atoms with E-state index in [1.165, 1.54) is 0 Å². The van der Waals surface area contributed by atoms with Gasteiger partial charge in [0.1, 0.15) is 0 Å². The fourth-order valence-electron chi connectivity index (χ4n) is 1.85. The number of aryl methyl sites for hydroxylation is 2. The van der Waals surface area contributed by atoms with Crippen molar-refractivity contribution < 1.29 is 9.53 Å². The lowest BCUT2D eigenvalue weighted by Crippen LogP contribution is -2.32. The van der Waals surface area contributed by atoms with Crippen molar-refractivity contribution >= 4 is 5.78 Å². The Labute approximate surface area is 108 Å². The summed E-state index contributed by atoms with van der Waals surface area (Å²) >= 11 is 0. The van der Waals surface area contributed by atoms with E-state index in [2.05, 4.69) is 12.0 Å². The molecule has 94 valence electrons. The van der Waals surface area contributed by atoms with Gasteiger partial charge in [0.25, 0.3) is 0 Å². The van der Waals surface area contributed by atoms with Gasteiger partial charge in [-0.1, -0.05) is 17.7 Å². The Morgan fingerprint density at radius 2 is 2.00 bits per heavy atom. The first-order valence-electron chi connectivity index (χ1n) is 6.13. The van der Waals surface area contributed by atoms with Gasteiger partial charge in [-0.25, -0.2) is 0 Å². The predicted molar refractivity (Wildman–Crippen MR) is 70.4 cm³/mol. The predicted octanol–water partition coefficient (Wildman–Crippen LogP) is 1.78. The standard InChI is InChI=1S/C15H17NO2/c1-12-3-4-13(2)14(11-12)15(17)5-6-16-7-9-18-10-8-16/h3-4,11H,7-10H2,1-2H3. The molecule has 1 aliphatic heterocycles. The first-order valence-corrected chi connectivity index (χ1v) is 6.13. The zero-order chi connectivity index (χ0) is 13.0. The van der Waals surface area contributed by atoms with Gasteiger partial charge in [-0.3, -0.25) is 4.79 Å². The molecule has 0 atom stereocenters. The maximum Gasteiger partial charge on any atom is 0.237 e. The molecule has 0 radical (unpaired) electrons. The van der Waals surface area contributed by atoms with Crippen LogP contribution in [0.3, 0.4) is 0 Å². The highest BCUT2D eigenvalue weighted by molar-refractivity contribution is 6.09. The minimum absolute atomic E-state index is 0.109. The van der Waals surface area contributed by atoms with E-state index < -0.39 is 0 Å². The van der Waals surface area contributed by atoms with E-state index in [4.69, 9.17) is 4.74 Å². The van der Waals surface area contributed by atoms with Crippen LogP contribution in [0, 0.1) is 25.8 Å². The van der Waals surface area contributed by atoms with Crippen LogP contribution in [0.1, 0.15) is 21.5 Å². The van der Waals surface area contributed by atoms with Crippen molar-refractivity contribution in [2.45, 2.75) is 13.8 Å².